The average Bonchev–Trinajstić information content (AvgIpc) is 2.89. The second-order valence-electron chi connectivity index (χ2n) is 4.17. The van der Waals surface area contributed by atoms with Crippen molar-refractivity contribution in [3.63, 3.8) is 0 Å². The lowest BCUT2D eigenvalue weighted by molar-refractivity contribution is -0.117. The van der Waals surface area contributed by atoms with Crippen LogP contribution in [0, 0.1) is 0 Å². The Hall–Kier alpha value is -1.27. The minimum atomic E-state index is -0.0521. The zero-order valence-corrected chi connectivity index (χ0v) is 12.6. The Balaban J connectivity index is 2.08. The summed E-state index contributed by atoms with van der Waals surface area (Å²) in [4.78, 5) is 14.0. The van der Waals surface area contributed by atoms with E-state index in [9.17, 15) is 4.79 Å². The first-order valence-electron chi connectivity index (χ1n) is 6.26. The number of carbonyl (C=O) groups is 1. The highest BCUT2D eigenvalue weighted by Gasteiger charge is 2.22. The van der Waals surface area contributed by atoms with Gasteiger partial charge in [-0.3, -0.25) is 9.69 Å². The van der Waals surface area contributed by atoms with Gasteiger partial charge in [0.05, 0.1) is 16.7 Å². The molecule has 0 atom stereocenters. The SMILES string of the molecule is CCN(CC)CC(=O)Nc1ccc(Br)c2c1OCO2. The number of amides is 1. The van der Waals surface area contributed by atoms with E-state index in [2.05, 4.69) is 21.2 Å². The maximum absolute atomic E-state index is 12.0. The molecule has 5 nitrogen and oxygen atoms in total. The van der Waals surface area contributed by atoms with Crippen molar-refractivity contribution in [2.24, 2.45) is 0 Å². The molecular weight excluding hydrogens is 312 g/mol. The zero-order chi connectivity index (χ0) is 13.8. The van der Waals surface area contributed by atoms with Gasteiger partial charge in [-0.2, -0.15) is 0 Å². The van der Waals surface area contributed by atoms with Crippen LogP contribution in [0.3, 0.4) is 0 Å². The summed E-state index contributed by atoms with van der Waals surface area (Å²) in [5.74, 6) is 1.17. The highest BCUT2D eigenvalue weighted by Crippen LogP contribution is 2.44. The molecule has 1 aromatic carbocycles. The number of benzene rings is 1. The van der Waals surface area contributed by atoms with Gasteiger partial charge in [-0.05, 0) is 41.2 Å². The number of fused-ring (bicyclic) bond motifs is 1. The van der Waals surface area contributed by atoms with Crippen LogP contribution in [0.15, 0.2) is 16.6 Å². The van der Waals surface area contributed by atoms with Gasteiger partial charge in [0.25, 0.3) is 0 Å². The van der Waals surface area contributed by atoms with E-state index in [1.165, 1.54) is 0 Å². The summed E-state index contributed by atoms with van der Waals surface area (Å²) in [5.41, 5.74) is 0.646. The Labute approximate surface area is 121 Å². The first kappa shape index (κ1) is 14.1. The summed E-state index contributed by atoms with van der Waals surface area (Å²) in [6, 6.07) is 3.64. The standard InChI is InChI=1S/C13H17BrN2O3/c1-3-16(4-2)7-11(17)15-10-6-5-9(14)12-13(10)19-8-18-12/h5-6H,3-4,7-8H2,1-2H3,(H,15,17). The third-order valence-corrected chi connectivity index (χ3v) is 3.63. The molecular formula is C13H17BrN2O3. The summed E-state index contributed by atoms with van der Waals surface area (Å²) in [7, 11) is 0. The molecule has 1 aliphatic heterocycles. The Kier molecular flexibility index (Phi) is 4.66. The predicted octanol–water partition coefficient (Wildman–Crippen LogP) is 2.46. The molecule has 0 radical (unpaired) electrons. The molecule has 0 unspecified atom stereocenters. The number of likely N-dealkylation sites (N-methyl/N-ethyl adjacent to an activating group) is 1. The predicted molar refractivity (Wildman–Crippen MR) is 76.7 cm³/mol. The zero-order valence-electron chi connectivity index (χ0n) is 11.0. The Bertz CT molecular complexity index is 475. The fourth-order valence-corrected chi connectivity index (χ4v) is 2.33. The third kappa shape index (κ3) is 3.19. The van der Waals surface area contributed by atoms with E-state index in [0.29, 0.717) is 23.7 Å². The molecule has 0 saturated carbocycles. The monoisotopic (exact) mass is 328 g/mol. The van der Waals surface area contributed by atoms with Gasteiger partial charge in [0.2, 0.25) is 12.7 Å². The molecule has 19 heavy (non-hydrogen) atoms. The van der Waals surface area contributed by atoms with Crippen molar-refractivity contribution >= 4 is 27.5 Å². The van der Waals surface area contributed by atoms with Crippen LogP contribution in [0.1, 0.15) is 13.8 Å². The van der Waals surface area contributed by atoms with Gasteiger partial charge >= 0.3 is 0 Å². The van der Waals surface area contributed by atoms with Crippen molar-refractivity contribution in [2.75, 3.05) is 31.7 Å². The van der Waals surface area contributed by atoms with E-state index in [0.717, 1.165) is 17.6 Å². The number of ether oxygens (including phenoxy) is 2. The lowest BCUT2D eigenvalue weighted by Gasteiger charge is -2.17. The molecule has 0 fully saturated rings. The average molecular weight is 329 g/mol. The molecule has 1 aliphatic rings. The number of hydrogen-bond acceptors (Lipinski definition) is 4. The topological polar surface area (TPSA) is 50.8 Å². The summed E-state index contributed by atoms with van der Waals surface area (Å²) >= 11 is 3.38. The first-order chi connectivity index (χ1) is 9.15. The largest absolute Gasteiger partial charge is 0.452 e. The van der Waals surface area contributed by atoms with Crippen molar-refractivity contribution in [3.05, 3.63) is 16.6 Å². The molecule has 0 aliphatic carbocycles. The fourth-order valence-electron chi connectivity index (χ4n) is 1.90. The van der Waals surface area contributed by atoms with Gasteiger partial charge in [-0.1, -0.05) is 13.8 Å². The summed E-state index contributed by atoms with van der Waals surface area (Å²) in [6.07, 6.45) is 0. The molecule has 0 bridgehead atoms. The van der Waals surface area contributed by atoms with E-state index in [4.69, 9.17) is 9.47 Å². The number of rotatable bonds is 5. The van der Waals surface area contributed by atoms with Gasteiger partial charge in [0.15, 0.2) is 11.5 Å². The van der Waals surface area contributed by atoms with E-state index >= 15 is 0 Å². The lowest BCUT2D eigenvalue weighted by Crippen LogP contribution is -2.32. The quantitative estimate of drug-likeness (QED) is 0.902. The number of carbonyl (C=O) groups excluding carboxylic acids is 1. The Morgan fingerprint density at radius 2 is 2.00 bits per heavy atom. The summed E-state index contributed by atoms with van der Waals surface area (Å²) < 4.78 is 11.6. The number of nitrogens with one attached hydrogen (secondary N) is 1. The van der Waals surface area contributed by atoms with Crippen molar-refractivity contribution < 1.29 is 14.3 Å². The second kappa shape index (κ2) is 6.25. The molecule has 2 rings (SSSR count). The van der Waals surface area contributed by atoms with Crippen LogP contribution in [-0.4, -0.2) is 37.2 Å². The van der Waals surface area contributed by atoms with Crippen LogP contribution >= 0.6 is 15.9 Å². The van der Waals surface area contributed by atoms with Crippen LogP contribution in [0.5, 0.6) is 11.5 Å². The highest BCUT2D eigenvalue weighted by atomic mass is 79.9. The molecule has 1 aromatic rings. The molecule has 1 N–H and O–H groups in total. The fraction of sp³-hybridized carbons (Fsp3) is 0.462. The van der Waals surface area contributed by atoms with E-state index in [-0.39, 0.29) is 12.7 Å². The number of nitrogens with zero attached hydrogens (tertiary/aromatic N) is 1. The van der Waals surface area contributed by atoms with Crippen LogP contribution in [0.4, 0.5) is 5.69 Å². The normalized spacial score (nSPS) is 12.8. The van der Waals surface area contributed by atoms with E-state index < -0.39 is 0 Å². The number of hydrogen-bond donors (Lipinski definition) is 1. The minimum absolute atomic E-state index is 0.0521. The van der Waals surface area contributed by atoms with Crippen LogP contribution in [0.25, 0.3) is 0 Å². The number of anilines is 1. The second-order valence-corrected chi connectivity index (χ2v) is 5.02. The minimum Gasteiger partial charge on any atom is -0.452 e. The molecule has 104 valence electrons. The molecule has 0 aromatic heterocycles. The van der Waals surface area contributed by atoms with E-state index in [1.54, 1.807) is 6.07 Å². The highest BCUT2D eigenvalue weighted by molar-refractivity contribution is 9.10. The van der Waals surface area contributed by atoms with Crippen molar-refractivity contribution in [3.8, 4) is 11.5 Å². The molecule has 1 heterocycles. The molecule has 0 spiro atoms. The van der Waals surface area contributed by atoms with Gasteiger partial charge in [-0.25, -0.2) is 0 Å². The first-order valence-corrected chi connectivity index (χ1v) is 7.05. The van der Waals surface area contributed by atoms with Crippen LogP contribution < -0.4 is 14.8 Å². The smallest absolute Gasteiger partial charge is 0.238 e. The van der Waals surface area contributed by atoms with Crippen LogP contribution in [-0.2, 0) is 4.79 Å². The maximum atomic E-state index is 12.0. The maximum Gasteiger partial charge on any atom is 0.238 e. The Morgan fingerprint density at radius 1 is 1.32 bits per heavy atom. The molecule has 6 heteroatoms. The van der Waals surface area contributed by atoms with Crippen molar-refractivity contribution in [2.45, 2.75) is 13.8 Å². The van der Waals surface area contributed by atoms with E-state index in [1.807, 2.05) is 24.8 Å². The van der Waals surface area contributed by atoms with Crippen molar-refractivity contribution in [1.29, 1.82) is 0 Å². The van der Waals surface area contributed by atoms with Gasteiger partial charge in [0, 0.05) is 0 Å². The molecule has 0 saturated heterocycles. The summed E-state index contributed by atoms with van der Waals surface area (Å²) in [6.45, 7) is 6.32. The number of halogens is 1. The lowest BCUT2D eigenvalue weighted by atomic mass is 10.2. The molecule has 1 amide bonds. The van der Waals surface area contributed by atoms with Gasteiger partial charge in [-0.15, -0.1) is 0 Å². The van der Waals surface area contributed by atoms with Gasteiger partial charge < -0.3 is 14.8 Å². The van der Waals surface area contributed by atoms with Crippen LogP contribution in [0.2, 0.25) is 0 Å². The third-order valence-electron chi connectivity index (χ3n) is 3.01. The van der Waals surface area contributed by atoms with Gasteiger partial charge in [0.1, 0.15) is 0 Å². The summed E-state index contributed by atoms with van der Waals surface area (Å²) in [5, 5.41) is 2.86. The Morgan fingerprint density at radius 3 is 2.68 bits per heavy atom. The van der Waals surface area contributed by atoms with Crippen molar-refractivity contribution in [1.82, 2.24) is 4.90 Å².